The van der Waals surface area contributed by atoms with E-state index in [4.69, 9.17) is 14.2 Å². The van der Waals surface area contributed by atoms with Crippen LogP contribution in [0.4, 0.5) is 5.69 Å². The first-order valence-corrected chi connectivity index (χ1v) is 8.22. The first-order valence-electron chi connectivity index (χ1n) is 8.22. The van der Waals surface area contributed by atoms with Gasteiger partial charge in [-0.1, -0.05) is 0 Å². The number of amides is 2. The molecule has 2 amide bonds. The summed E-state index contributed by atoms with van der Waals surface area (Å²) in [5.41, 5.74) is 0.745. The number of fused-ring (bicyclic) bond motifs is 1. The Hall–Kier alpha value is -2.28. The predicted octanol–water partition coefficient (Wildman–Crippen LogP) is 1.02. The quantitative estimate of drug-likeness (QED) is 0.809. The summed E-state index contributed by atoms with van der Waals surface area (Å²) in [4.78, 5) is 28.6. The average Bonchev–Trinajstić information content (AvgIpc) is 3.19. The number of morpholine rings is 1. The van der Waals surface area contributed by atoms with Crippen molar-refractivity contribution in [2.75, 3.05) is 37.9 Å². The fourth-order valence-electron chi connectivity index (χ4n) is 3.45. The second-order valence-corrected chi connectivity index (χ2v) is 6.41. The number of carbonyl (C=O) groups excluding carboxylic acids is 2. The minimum absolute atomic E-state index is 0.0338. The molecule has 2 saturated heterocycles. The summed E-state index contributed by atoms with van der Waals surface area (Å²) in [5, 5.41) is 0. The van der Waals surface area contributed by atoms with E-state index in [1.807, 2.05) is 17.9 Å². The highest BCUT2D eigenvalue weighted by atomic mass is 16.7. The van der Waals surface area contributed by atoms with Gasteiger partial charge >= 0.3 is 0 Å². The van der Waals surface area contributed by atoms with Gasteiger partial charge in [0.15, 0.2) is 11.5 Å². The van der Waals surface area contributed by atoms with E-state index in [0.717, 1.165) is 5.69 Å². The molecule has 7 heteroatoms. The van der Waals surface area contributed by atoms with Gasteiger partial charge in [-0.2, -0.15) is 0 Å². The Morgan fingerprint density at radius 2 is 2.04 bits per heavy atom. The van der Waals surface area contributed by atoms with Crippen molar-refractivity contribution in [2.24, 2.45) is 5.92 Å². The molecule has 7 nitrogen and oxygen atoms in total. The van der Waals surface area contributed by atoms with E-state index in [9.17, 15) is 9.59 Å². The number of ether oxygens (including phenoxy) is 3. The average molecular weight is 332 g/mol. The lowest BCUT2D eigenvalue weighted by Gasteiger charge is -2.32. The molecule has 1 aromatic carbocycles. The maximum atomic E-state index is 12.7. The summed E-state index contributed by atoms with van der Waals surface area (Å²) in [5.74, 6) is 1.03. The summed E-state index contributed by atoms with van der Waals surface area (Å²) in [7, 11) is 0. The normalized spacial score (nSPS) is 26.1. The molecule has 2 fully saturated rings. The summed E-state index contributed by atoms with van der Waals surface area (Å²) in [6.45, 7) is 4.30. The van der Waals surface area contributed by atoms with Crippen LogP contribution in [0.15, 0.2) is 18.2 Å². The maximum absolute atomic E-state index is 12.7. The molecule has 0 unspecified atom stereocenters. The second-order valence-electron chi connectivity index (χ2n) is 6.41. The Morgan fingerprint density at radius 3 is 2.88 bits per heavy atom. The van der Waals surface area contributed by atoms with Crippen molar-refractivity contribution in [1.29, 1.82) is 0 Å². The van der Waals surface area contributed by atoms with Gasteiger partial charge in [-0.15, -0.1) is 0 Å². The van der Waals surface area contributed by atoms with Gasteiger partial charge < -0.3 is 24.0 Å². The van der Waals surface area contributed by atoms with Crippen LogP contribution in [0, 0.1) is 5.92 Å². The number of anilines is 1. The fraction of sp³-hybridized carbons (Fsp3) is 0.529. The molecular formula is C17H20N2O5. The molecule has 0 radical (unpaired) electrons. The van der Waals surface area contributed by atoms with Gasteiger partial charge in [0.1, 0.15) is 0 Å². The zero-order chi connectivity index (χ0) is 16.7. The zero-order valence-electron chi connectivity index (χ0n) is 13.6. The Balaban J connectivity index is 1.47. The van der Waals surface area contributed by atoms with Gasteiger partial charge in [-0.3, -0.25) is 9.59 Å². The molecule has 1 aromatic rings. The third-order valence-electron chi connectivity index (χ3n) is 4.69. The molecule has 0 saturated carbocycles. The summed E-state index contributed by atoms with van der Waals surface area (Å²) >= 11 is 0. The van der Waals surface area contributed by atoms with E-state index in [2.05, 4.69) is 0 Å². The van der Waals surface area contributed by atoms with Crippen molar-refractivity contribution >= 4 is 17.5 Å². The molecule has 24 heavy (non-hydrogen) atoms. The van der Waals surface area contributed by atoms with E-state index in [-0.39, 0.29) is 37.0 Å². The highest BCUT2D eigenvalue weighted by Crippen LogP contribution is 2.37. The van der Waals surface area contributed by atoms with Crippen molar-refractivity contribution in [3.8, 4) is 11.5 Å². The van der Waals surface area contributed by atoms with Crippen molar-refractivity contribution in [2.45, 2.75) is 19.4 Å². The number of hydrogen-bond acceptors (Lipinski definition) is 5. The van der Waals surface area contributed by atoms with E-state index in [1.54, 1.807) is 17.0 Å². The minimum Gasteiger partial charge on any atom is -0.454 e. The molecule has 0 spiro atoms. The third-order valence-corrected chi connectivity index (χ3v) is 4.69. The molecule has 3 aliphatic rings. The van der Waals surface area contributed by atoms with Crippen LogP contribution in [0.1, 0.15) is 13.3 Å². The van der Waals surface area contributed by atoms with Crippen LogP contribution in [-0.2, 0) is 14.3 Å². The van der Waals surface area contributed by atoms with Crippen LogP contribution >= 0.6 is 0 Å². The monoisotopic (exact) mass is 332 g/mol. The van der Waals surface area contributed by atoms with Crippen LogP contribution in [0.25, 0.3) is 0 Å². The summed E-state index contributed by atoms with van der Waals surface area (Å²) in [6, 6.07) is 5.42. The molecule has 4 rings (SSSR count). The Bertz CT molecular complexity index is 677. The maximum Gasteiger partial charge on any atom is 0.231 e. The van der Waals surface area contributed by atoms with Crippen LogP contribution in [0.3, 0.4) is 0 Å². The number of rotatable bonds is 2. The highest BCUT2D eigenvalue weighted by molar-refractivity contribution is 6.00. The zero-order valence-corrected chi connectivity index (χ0v) is 13.6. The van der Waals surface area contributed by atoms with Gasteiger partial charge in [-0.25, -0.2) is 0 Å². The van der Waals surface area contributed by atoms with E-state index in [1.165, 1.54) is 0 Å². The first kappa shape index (κ1) is 15.3. The third kappa shape index (κ3) is 2.69. The van der Waals surface area contributed by atoms with Gasteiger partial charge in [0.25, 0.3) is 0 Å². The van der Waals surface area contributed by atoms with E-state index in [0.29, 0.717) is 37.7 Å². The molecule has 0 aliphatic carbocycles. The summed E-state index contributed by atoms with van der Waals surface area (Å²) < 4.78 is 16.1. The molecule has 128 valence electrons. The second kappa shape index (κ2) is 5.98. The topological polar surface area (TPSA) is 68.3 Å². The Labute approximate surface area is 140 Å². The lowest BCUT2D eigenvalue weighted by Crippen LogP contribution is -2.47. The Morgan fingerprint density at radius 1 is 1.21 bits per heavy atom. The standard InChI is InChI=1S/C17H20N2O5/c1-11-8-18(4-5-22-11)17(21)12-6-16(20)19(9-12)13-2-3-14-15(7-13)24-10-23-14/h2-3,7,11-12H,4-6,8-10H2,1H3/t11-,12-/m1/s1. The van der Waals surface area contributed by atoms with E-state index >= 15 is 0 Å². The van der Waals surface area contributed by atoms with Crippen LogP contribution in [0.2, 0.25) is 0 Å². The SMILES string of the molecule is C[C@@H]1CN(C(=O)[C@@H]2CC(=O)N(c3ccc4c(c3)OCO4)C2)CCO1. The molecule has 0 aromatic heterocycles. The van der Waals surface area contributed by atoms with Crippen LogP contribution in [0.5, 0.6) is 11.5 Å². The molecular weight excluding hydrogens is 312 g/mol. The minimum atomic E-state index is -0.298. The smallest absolute Gasteiger partial charge is 0.231 e. The molecule has 2 atom stereocenters. The van der Waals surface area contributed by atoms with Crippen molar-refractivity contribution in [3.05, 3.63) is 18.2 Å². The van der Waals surface area contributed by atoms with Crippen LogP contribution in [-0.4, -0.2) is 55.9 Å². The number of hydrogen-bond donors (Lipinski definition) is 0. The first-order chi connectivity index (χ1) is 11.6. The fourth-order valence-corrected chi connectivity index (χ4v) is 3.45. The number of nitrogens with zero attached hydrogens (tertiary/aromatic N) is 2. The van der Waals surface area contributed by atoms with Gasteiger partial charge in [0.05, 0.1) is 18.6 Å². The van der Waals surface area contributed by atoms with Gasteiger partial charge in [0.2, 0.25) is 18.6 Å². The lowest BCUT2D eigenvalue weighted by molar-refractivity contribution is -0.142. The van der Waals surface area contributed by atoms with Gasteiger partial charge in [0, 0.05) is 37.8 Å². The lowest BCUT2D eigenvalue weighted by atomic mass is 10.1. The molecule has 0 bridgehead atoms. The van der Waals surface area contributed by atoms with Crippen molar-refractivity contribution in [1.82, 2.24) is 4.90 Å². The highest BCUT2D eigenvalue weighted by Gasteiger charge is 2.38. The number of carbonyl (C=O) groups is 2. The molecule has 0 N–H and O–H groups in total. The summed E-state index contributed by atoms with van der Waals surface area (Å²) in [6.07, 6.45) is 0.295. The Kier molecular flexibility index (Phi) is 3.80. The van der Waals surface area contributed by atoms with Crippen LogP contribution < -0.4 is 14.4 Å². The molecule has 3 heterocycles. The number of benzene rings is 1. The largest absolute Gasteiger partial charge is 0.454 e. The van der Waals surface area contributed by atoms with Crippen molar-refractivity contribution < 1.29 is 23.8 Å². The van der Waals surface area contributed by atoms with Gasteiger partial charge in [-0.05, 0) is 19.1 Å². The predicted molar refractivity (Wildman–Crippen MR) is 85.0 cm³/mol. The van der Waals surface area contributed by atoms with Crippen molar-refractivity contribution in [3.63, 3.8) is 0 Å². The van der Waals surface area contributed by atoms with E-state index < -0.39 is 0 Å². The molecule has 3 aliphatic heterocycles.